The Labute approximate surface area is 190 Å². The fraction of sp³-hybridized carbons (Fsp3) is 0.292. The first-order valence-corrected chi connectivity index (χ1v) is 11.6. The Kier molecular flexibility index (Phi) is 7.36. The maximum Gasteiger partial charge on any atom is 0.279 e. The summed E-state index contributed by atoms with van der Waals surface area (Å²) in [6.07, 6.45) is -0.734. The molecule has 0 amide bonds. The Morgan fingerprint density at radius 2 is 1.56 bits per heavy atom. The molecule has 7 nitrogen and oxygen atoms in total. The van der Waals surface area contributed by atoms with Gasteiger partial charge < -0.3 is 14.5 Å². The van der Waals surface area contributed by atoms with Gasteiger partial charge in [-0.25, -0.2) is 9.97 Å². The predicted octanol–water partition coefficient (Wildman–Crippen LogP) is 4.53. The van der Waals surface area contributed by atoms with E-state index in [1.807, 2.05) is 54.8 Å². The zero-order valence-electron chi connectivity index (χ0n) is 18.2. The van der Waals surface area contributed by atoms with Gasteiger partial charge in [0.15, 0.2) is 22.1 Å². The van der Waals surface area contributed by atoms with E-state index in [0.717, 1.165) is 16.5 Å². The molecule has 166 valence electrons. The van der Waals surface area contributed by atoms with Crippen molar-refractivity contribution in [3.63, 3.8) is 0 Å². The summed E-state index contributed by atoms with van der Waals surface area (Å²) >= 11 is 1.59. The zero-order valence-corrected chi connectivity index (χ0v) is 19.0. The van der Waals surface area contributed by atoms with E-state index in [4.69, 9.17) is 14.5 Å². The van der Waals surface area contributed by atoms with Crippen molar-refractivity contribution in [1.29, 1.82) is 0 Å². The summed E-state index contributed by atoms with van der Waals surface area (Å²) in [7, 11) is 0. The normalized spacial score (nSPS) is 11.5. The average molecular weight is 451 g/mol. The van der Waals surface area contributed by atoms with Crippen molar-refractivity contribution in [3.05, 3.63) is 88.0 Å². The number of aromatic amines is 1. The fourth-order valence-electron chi connectivity index (χ4n) is 3.37. The highest BCUT2D eigenvalue weighted by atomic mass is 32.2. The van der Waals surface area contributed by atoms with Crippen LogP contribution in [0.4, 0.5) is 0 Å². The highest BCUT2D eigenvalue weighted by Gasteiger charge is 2.21. The van der Waals surface area contributed by atoms with Gasteiger partial charge in [-0.2, -0.15) is 0 Å². The number of ether oxygens (including phenoxy) is 2. The standard InChI is InChI=1S/C24H26N4O3S/c1-3-30-23(31-4-2)20-26-21-19(22(29)27-20)25-24(32-16-18-13-9-6-10-14-18)28(21)15-17-11-7-5-8-12-17/h5-14,23H,3-4,15-16H2,1-2H3,(H,26,27,29). The van der Waals surface area contributed by atoms with Crippen molar-refractivity contribution >= 4 is 22.9 Å². The van der Waals surface area contributed by atoms with E-state index >= 15 is 0 Å². The van der Waals surface area contributed by atoms with E-state index in [-0.39, 0.29) is 5.56 Å². The second kappa shape index (κ2) is 10.6. The third-order valence-corrected chi connectivity index (χ3v) is 5.89. The average Bonchev–Trinajstić information content (AvgIpc) is 3.17. The van der Waals surface area contributed by atoms with Gasteiger partial charge in [-0.05, 0) is 25.0 Å². The third kappa shape index (κ3) is 5.09. The molecule has 2 heterocycles. The summed E-state index contributed by atoms with van der Waals surface area (Å²) in [6, 6.07) is 20.3. The van der Waals surface area contributed by atoms with E-state index in [1.165, 1.54) is 5.56 Å². The van der Waals surface area contributed by atoms with Gasteiger partial charge >= 0.3 is 0 Å². The minimum atomic E-state index is -0.734. The van der Waals surface area contributed by atoms with Crippen LogP contribution in [0.3, 0.4) is 0 Å². The number of hydrogen-bond donors (Lipinski definition) is 1. The third-order valence-electron chi connectivity index (χ3n) is 4.84. The van der Waals surface area contributed by atoms with Crippen LogP contribution < -0.4 is 5.56 Å². The lowest BCUT2D eigenvalue weighted by molar-refractivity contribution is -0.145. The summed E-state index contributed by atoms with van der Waals surface area (Å²) in [5, 5.41) is 0.743. The molecule has 32 heavy (non-hydrogen) atoms. The molecule has 0 atom stereocenters. The van der Waals surface area contributed by atoms with Crippen LogP contribution in [-0.2, 0) is 21.8 Å². The van der Waals surface area contributed by atoms with Crippen molar-refractivity contribution < 1.29 is 9.47 Å². The minimum Gasteiger partial charge on any atom is -0.346 e. The van der Waals surface area contributed by atoms with Gasteiger partial charge in [-0.1, -0.05) is 72.4 Å². The molecule has 0 saturated heterocycles. The van der Waals surface area contributed by atoms with Gasteiger partial charge in [0, 0.05) is 19.0 Å². The van der Waals surface area contributed by atoms with Crippen LogP contribution in [0.5, 0.6) is 0 Å². The Hall–Kier alpha value is -2.94. The second-order valence-corrected chi connectivity index (χ2v) is 8.05. The maximum absolute atomic E-state index is 12.9. The van der Waals surface area contributed by atoms with Crippen LogP contribution in [0.15, 0.2) is 70.6 Å². The van der Waals surface area contributed by atoms with Crippen LogP contribution in [-0.4, -0.2) is 32.7 Å². The molecule has 0 saturated carbocycles. The SMILES string of the molecule is CCOC(OCC)c1nc2c(nc(SCc3ccccc3)n2Cc2ccccc2)c(=O)[nH]1. The van der Waals surface area contributed by atoms with Gasteiger partial charge in [0.05, 0.1) is 6.54 Å². The largest absolute Gasteiger partial charge is 0.346 e. The Bertz CT molecular complexity index is 1200. The topological polar surface area (TPSA) is 82.0 Å². The quantitative estimate of drug-likeness (QED) is 0.282. The molecule has 8 heteroatoms. The van der Waals surface area contributed by atoms with E-state index in [2.05, 4.69) is 34.2 Å². The van der Waals surface area contributed by atoms with Gasteiger partial charge in [0.25, 0.3) is 5.56 Å². The number of thioether (sulfide) groups is 1. The first kappa shape index (κ1) is 22.3. The fourth-order valence-corrected chi connectivity index (χ4v) is 4.32. The van der Waals surface area contributed by atoms with Gasteiger partial charge in [-0.3, -0.25) is 9.36 Å². The van der Waals surface area contributed by atoms with Crippen LogP contribution in [0.25, 0.3) is 11.2 Å². The predicted molar refractivity (Wildman–Crippen MR) is 126 cm³/mol. The molecule has 0 unspecified atom stereocenters. The summed E-state index contributed by atoms with van der Waals surface area (Å²) in [4.78, 5) is 25.1. The molecule has 0 aliphatic rings. The number of aromatic nitrogens is 4. The summed E-state index contributed by atoms with van der Waals surface area (Å²) in [5.41, 5.74) is 2.82. The minimum absolute atomic E-state index is 0.303. The molecule has 4 aromatic rings. The van der Waals surface area contributed by atoms with Crippen LogP contribution in [0, 0.1) is 0 Å². The highest BCUT2D eigenvalue weighted by Crippen LogP contribution is 2.27. The van der Waals surface area contributed by atoms with E-state index in [1.54, 1.807) is 11.8 Å². The molecule has 0 bridgehead atoms. The highest BCUT2D eigenvalue weighted by molar-refractivity contribution is 7.98. The molecule has 0 radical (unpaired) electrons. The molecule has 0 fully saturated rings. The summed E-state index contributed by atoms with van der Waals surface area (Å²) in [5.74, 6) is 1.09. The van der Waals surface area contributed by atoms with Crippen molar-refractivity contribution in [2.75, 3.05) is 13.2 Å². The summed E-state index contributed by atoms with van der Waals surface area (Å²) < 4.78 is 13.3. The van der Waals surface area contributed by atoms with Gasteiger partial charge in [0.2, 0.25) is 6.29 Å². The molecule has 1 N–H and O–H groups in total. The Morgan fingerprint density at radius 3 is 2.19 bits per heavy atom. The number of H-pyrrole nitrogens is 1. The molecule has 2 aromatic carbocycles. The maximum atomic E-state index is 12.9. The lowest BCUT2D eigenvalue weighted by Gasteiger charge is -2.16. The van der Waals surface area contributed by atoms with Crippen LogP contribution in [0.2, 0.25) is 0 Å². The van der Waals surface area contributed by atoms with Crippen molar-refractivity contribution in [3.8, 4) is 0 Å². The van der Waals surface area contributed by atoms with Crippen LogP contribution >= 0.6 is 11.8 Å². The second-order valence-electron chi connectivity index (χ2n) is 7.11. The van der Waals surface area contributed by atoms with Crippen LogP contribution in [0.1, 0.15) is 37.1 Å². The molecule has 2 aromatic heterocycles. The van der Waals surface area contributed by atoms with Crippen molar-refractivity contribution in [2.45, 2.75) is 37.6 Å². The number of imidazole rings is 1. The molecule has 0 spiro atoms. The first-order chi connectivity index (χ1) is 15.7. The van der Waals surface area contributed by atoms with E-state index in [9.17, 15) is 4.79 Å². The molecule has 0 aliphatic heterocycles. The number of hydrogen-bond acceptors (Lipinski definition) is 6. The van der Waals surface area contributed by atoms with Gasteiger partial charge in [0.1, 0.15) is 0 Å². The summed E-state index contributed by atoms with van der Waals surface area (Å²) in [6.45, 7) is 5.18. The Balaban J connectivity index is 1.78. The number of fused-ring (bicyclic) bond motifs is 1. The van der Waals surface area contributed by atoms with E-state index < -0.39 is 6.29 Å². The zero-order chi connectivity index (χ0) is 22.3. The van der Waals surface area contributed by atoms with Gasteiger partial charge in [-0.15, -0.1) is 0 Å². The lowest BCUT2D eigenvalue weighted by Crippen LogP contribution is -2.19. The number of rotatable bonds is 10. The van der Waals surface area contributed by atoms with E-state index in [0.29, 0.717) is 36.7 Å². The Morgan fingerprint density at radius 1 is 0.938 bits per heavy atom. The smallest absolute Gasteiger partial charge is 0.279 e. The molecule has 4 rings (SSSR count). The molecular formula is C24H26N4O3S. The number of nitrogens with one attached hydrogen (secondary N) is 1. The van der Waals surface area contributed by atoms with Crippen molar-refractivity contribution in [1.82, 2.24) is 19.5 Å². The lowest BCUT2D eigenvalue weighted by atomic mass is 10.2. The molecule has 0 aliphatic carbocycles. The number of nitrogens with zero attached hydrogens (tertiary/aromatic N) is 3. The first-order valence-electron chi connectivity index (χ1n) is 10.6. The molecular weight excluding hydrogens is 424 g/mol. The van der Waals surface area contributed by atoms with Crippen molar-refractivity contribution in [2.24, 2.45) is 0 Å². The monoisotopic (exact) mass is 450 g/mol. The number of benzene rings is 2.